The third kappa shape index (κ3) is 2.17. The summed E-state index contributed by atoms with van der Waals surface area (Å²) in [5.41, 5.74) is 1.07. The van der Waals surface area contributed by atoms with Gasteiger partial charge in [-0.15, -0.1) is 11.6 Å². The Kier molecular flexibility index (Phi) is 2.90. The molecular weight excluding hydrogens is 178 g/mol. The fourth-order valence-electron chi connectivity index (χ4n) is 0.842. The lowest BCUT2D eigenvalue weighted by Gasteiger charge is -2.09. The van der Waals surface area contributed by atoms with E-state index >= 15 is 0 Å². The van der Waals surface area contributed by atoms with Gasteiger partial charge in [0.2, 0.25) is 0 Å². The van der Waals surface area contributed by atoms with Crippen molar-refractivity contribution in [2.45, 2.75) is 26.1 Å². The quantitative estimate of drug-likeness (QED) is 0.650. The van der Waals surface area contributed by atoms with Gasteiger partial charge in [-0.2, -0.15) is 4.37 Å². The topological polar surface area (TPSA) is 12.9 Å². The lowest BCUT2D eigenvalue weighted by Crippen LogP contribution is -1.95. The first kappa shape index (κ1) is 9.01. The largest absolute Gasteiger partial charge is 0.198 e. The zero-order valence-corrected chi connectivity index (χ0v) is 8.54. The molecule has 0 saturated carbocycles. The molecule has 1 atom stereocenters. The summed E-state index contributed by atoms with van der Waals surface area (Å²) < 4.78 is 4.18. The zero-order chi connectivity index (χ0) is 8.43. The number of aromatic nitrogens is 1. The van der Waals surface area contributed by atoms with Gasteiger partial charge in [-0.1, -0.05) is 13.8 Å². The van der Waals surface area contributed by atoms with E-state index < -0.39 is 0 Å². The molecular formula is C8H12ClNS. The van der Waals surface area contributed by atoms with Crippen LogP contribution in [0.5, 0.6) is 0 Å². The Morgan fingerprint density at radius 1 is 1.55 bits per heavy atom. The van der Waals surface area contributed by atoms with E-state index in [1.807, 2.05) is 6.92 Å². The molecule has 3 heteroatoms. The lowest BCUT2D eigenvalue weighted by molar-refractivity contribution is 0.631. The van der Waals surface area contributed by atoms with E-state index in [4.69, 9.17) is 11.6 Å². The molecule has 1 nitrogen and oxygen atoms in total. The highest BCUT2D eigenvalue weighted by Gasteiger charge is 2.14. The second-order valence-corrected chi connectivity index (χ2v) is 4.32. The molecule has 0 radical (unpaired) electrons. The normalized spacial score (nSPS) is 13.9. The monoisotopic (exact) mass is 189 g/mol. The SMILES string of the molecule is Cc1cc(C(Cl)C(C)C)sn1. The summed E-state index contributed by atoms with van der Waals surface area (Å²) in [6.07, 6.45) is 0. The number of hydrogen-bond acceptors (Lipinski definition) is 2. The van der Waals surface area contributed by atoms with Crippen molar-refractivity contribution in [2.24, 2.45) is 5.92 Å². The number of nitrogens with zero attached hydrogens (tertiary/aromatic N) is 1. The van der Waals surface area contributed by atoms with Crippen molar-refractivity contribution in [3.05, 3.63) is 16.6 Å². The molecule has 0 amide bonds. The van der Waals surface area contributed by atoms with E-state index in [2.05, 4.69) is 24.3 Å². The van der Waals surface area contributed by atoms with Gasteiger partial charge in [-0.05, 0) is 30.4 Å². The Labute approximate surface area is 76.6 Å². The minimum absolute atomic E-state index is 0.126. The maximum Gasteiger partial charge on any atom is 0.0717 e. The van der Waals surface area contributed by atoms with Crippen LogP contribution in [0.4, 0.5) is 0 Å². The Hall–Kier alpha value is -0.0800. The Bertz CT molecular complexity index is 232. The first-order chi connectivity index (χ1) is 5.11. The van der Waals surface area contributed by atoms with Crippen LogP contribution in [0.15, 0.2) is 6.07 Å². The van der Waals surface area contributed by atoms with Gasteiger partial charge in [0.05, 0.1) is 11.1 Å². The predicted molar refractivity (Wildman–Crippen MR) is 50.3 cm³/mol. The predicted octanol–water partition coefficient (Wildman–Crippen LogP) is 3.39. The Balaban J connectivity index is 2.76. The highest BCUT2D eigenvalue weighted by Crippen LogP contribution is 2.31. The molecule has 0 fully saturated rings. The van der Waals surface area contributed by atoms with Crippen LogP contribution in [0.3, 0.4) is 0 Å². The molecule has 1 heterocycles. The second-order valence-electron chi connectivity index (χ2n) is 3.02. The van der Waals surface area contributed by atoms with Gasteiger partial charge in [-0.3, -0.25) is 0 Å². The van der Waals surface area contributed by atoms with Crippen molar-refractivity contribution in [3.8, 4) is 0 Å². The van der Waals surface area contributed by atoms with Crippen LogP contribution in [-0.4, -0.2) is 4.37 Å². The highest BCUT2D eigenvalue weighted by molar-refractivity contribution is 7.06. The number of halogens is 1. The molecule has 0 N–H and O–H groups in total. The van der Waals surface area contributed by atoms with Crippen molar-refractivity contribution in [2.75, 3.05) is 0 Å². The second kappa shape index (κ2) is 3.55. The van der Waals surface area contributed by atoms with Crippen LogP contribution >= 0.6 is 23.1 Å². The smallest absolute Gasteiger partial charge is 0.0717 e. The first-order valence-electron chi connectivity index (χ1n) is 3.68. The van der Waals surface area contributed by atoms with E-state index in [0.29, 0.717) is 5.92 Å². The van der Waals surface area contributed by atoms with Crippen LogP contribution in [-0.2, 0) is 0 Å². The summed E-state index contributed by atoms with van der Waals surface area (Å²) in [6.45, 7) is 6.23. The third-order valence-corrected chi connectivity index (χ3v) is 3.33. The van der Waals surface area contributed by atoms with E-state index in [1.54, 1.807) is 0 Å². The van der Waals surface area contributed by atoms with Crippen molar-refractivity contribution in [1.29, 1.82) is 0 Å². The number of hydrogen-bond donors (Lipinski definition) is 0. The zero-order valence-electron chi connectivity index (χ0n) is 6.97. The standard InChI is InChI=1S/C8H12ClNS/c1-5(2)8(9)7-4-6(3)10-11-7/h4-5,8H,1-3H3. The van der Waals surface area contributed by atoms with Crippen molar-refractivity contribution in [1.82, 2.24) is 4.37 Å². The first-order valence-corrected chi connectivity index (χ1v) is 4.89. The Morgan fingerprint density at radius 3 is 2.55 bits per heavy atom. The highest BCUT2D eigenvalue weighted by atomic mass is 35.5. The van der Waals surface area contributed by atoms with Gasteiger partial charge in [0.25, 0.3) is 0 Å². The molecule has 0 bridgehead atoms. The molecule has 1 aromatic rings. The van der Waals surface area contributed by atoms with Crippen molar-refractivity contribution in [3.63, 3.8) is 0 Å². The number of rotatable bonds is 2. The van der Waals surface area contributed by atoms with E-state index in [1.165, 1.54) is 16.4 Å². The molecule has 1 unspecified atom stereocenters. The summed E-state index contributed by atoms with van der Waals surface area (Å²) in [5, 5.41) is 0.126. The number of aryl methyl sites for hydroxylation is 1. The maximum atomic E-state index is 6.12. The average Bonchev–Trinajstić information content (AvgIpc) is 2.34. The molecule has 1 aromatic heterocycles. The molecule has 0 spiro atoms. The van der Waals surface area contributed by atoms with Crippen LogP contribution in [0.2, 0.25) is 0 Å². The molecule has 0 aromatic carbocycles. The maximum absolute atomic E-state index is 6.12. The van der Waals surface area contributed by atoms with Crippen molar-refractivity contribution < 1.29 is 0 Å². The molecule has 0 aliphatic rings. The van der Waals surface area contributed by atoms with E-state index in [-0.39, 0.29) is 5.38 Å². The van der Waals surface area contributed by atoms with Gasteiger partial charge in [-0.25, -0.2) is 0 Å². The van der Waals surface area contributed by atoms with Gasteiger partial charge >= 0.3 is 0 Å². The van der Waals surface area contributed by atoms with Gasteiger partial charge in [0.15, 0.2) is 0 Å². The van der Waals surface area contributed by atoms with E-state index in [0.717, 1.165) is 5.69 Å². The molecule has 11 heavy (non-hydrogen) atoms. The van der Waals surface area contributed by atoms with E-state index in [9.17, 15) is 0 Å². The van der Waals surface area contributed by atoms with Crippen LogP contribution in [0.25, 0.3) is 0 Å². The Morgan fingerprint density at radius 2 is 2.18 bits per heavy atom. The van der Waals surface area contributed by atoms with Crippen LogP contribution < -0.4 is 0 Å². The van der Waals surface area contributed by atoms with Gasteiger partial charge in [0.1, 0.15) is 0 Å². The van der Waals surface area contributed by atoms with Crippen LogP contribution in [0.1, 0.15) is 29.8 Å². The summed E-state index contributed by atoms with van der Waals surface area (Å²) >= 11 is 7.63. The minimum atomic E-state index is 0.126. The average molecular weight is 190 g/mol. The summed E-state index contributed by atoms with van der Waals surface area (Å²) in [6, 6.07) is 2.06. The fraction of sp³-hybridized carbons (Fsp3) is 0.625. The van der Waals surface area contributed by atoms with Gasteiger partial charge < -0.3 is 0 Å². The fourth-order valence-corrected chi connectivity index (χ4v) is 1.92. The number of alkyl halides is 1. The lowest BCUT2D eigenvalue weighted by atomic mass is 10.1. The summed E-state index contributed by atoms with van der Waals surface area (Å²) in [4.78, 5) is 1.18. The minimum Gasteiger partial charge on any atom is -0.198 e. The van der Waals surface area contributed by atoms with Crippen LogP contribution in [0, 0.1) is 12.8 Å². The molecule has 0 saturated heterocycles. The third-order valence-electron chi connectivity index (χ3n) is 1.50. The summed E-state index contributed by atoms with van der Waals surface area (Å²) in [7, 11) is 0. The van der Waals surface area contributed by atoms with Gasteiger partial charge in [0, 0.05) is 4.88 Å². The molecule has 0 aliphatic heterocycles. The summed E-state index contributed by atoms with van der Waals surface area (Å²) in [5.74, 6) is 0.483. The van der Waals surface area contributed by atoms with Crippen molar-refractivity contribution >= 4 is 23.1 Å². The molecule has 0 aliphatic carbocycles. The molecule has 62 valence electrons. The molecule has 1 rings (SSSR count).